The molecule has 0 heterocycles. The summed E-state index contributed by atoms with van der Waals surface area (Å²) in [4.78, 5) is 25.8. The number of rotatable bonds is 8. The molecular formula is C21H26ClNO3. The fourth-order valence-electron chi connectivity index (χ4n) is 2.92. The third kappa shape index (κ3) is 7.04. The van der Waals surface area contributed by atoms with E-state index >= 15 is 0 Å². The van der Waals surface area contributed by atoms with Crippen molar-refractivity contribution in [3.8, 4) is 0 Å². The summed E-state index contributed by atoms with van der Waals surface area (Å²) in [6, 6.07) is 7.29. The molecule has 1 aliphatic rings. The molecule has 0 unspecified atom stereocenters. The largest absolute Gasteiger partial charge is 0.469 e. The molecule has 0 aromatic heterocycles. The lowest BCUT2D eigenvalue weighted by atomic mass is 9.97. The molecule has 0 saturated carbocycles. The number of hydrogen-bond donors (Lipinski definition) is 0. The highest BCUT2D eigenvalue weighted by Gasteiger charge is 2.14. The molecule has 5 heteroatoms. The van der Waals surface area contributed by atoms with Gasteiger partial charge >= 0.3 is 5.97 Å². The van der Waals surface area contributed by atoms with Crippen LogP contribution in [0.25, 0.3) is 6.08 Å². The number of allylic oxidation sites excluding steroid dienone is 1. The number of hydrogen-bond acceptors (Lipinski definition) is 3. The van der Waals surface area contributed by atoms with Crippen molar-refractivity contribution in [2.24, 2.45) is 0 Å². The quantitative estimate of drug-likeness (QED) is 0.378. The summed E-state index contributed by atoms with van der Waals surface area (Å²) in [7, 11) is 1.36. The van der Waals surface area contributed by atoms with Crippen LogP contribution in [0.1, 0.15) is 44.1 Å². The maximum atomic E-state index is 12.6. The SMILES string of the molecule is COC(=O)CCN(CCC1=CCCCC1)C(=O)/C=C/c1ccc(Cl)cc1. The molecule has 26 heavy (non-hydrogen) atoms. The molecule has 1 aromatic rings. The lowest BCUT2D eigenvalue weighted by molar-refractivity contribution is -0.141. The molecule has 0 spiro atoms. The number of benzene rings is 1. The number of ether oxygens (including phenoxy) is 1. The van der Waals surface area contributed by atoms with Gasteiger partial charge in [0.25, 0.3) is 0 Å². The summed E-state index contributed by atoms with van der Waals surface area (Å²) in [5, 5.41) is 0.661. The molecule has 0 radical (unpaired) electrons. The van der Waals surface area contributed by atoms with E-state index in [1.807, 2.05) is 12.1 Å². The van der Waals surface area contributed by atoms with Gasteiger partial charge in [-0.15, -0.1) is 0 Å². The third-order valence-electron chi connectivity index (χ3n) is 4.50. The normalized spacial score (nSPS) is 14.2. The Morgan fingerprint density at radius 1 is 1.19 bits per heavy atom. The van der Waals surface area contributed by atoms with E-state index in [1.54, 1.807) is 29.2 Å². The standard InChI is InChI=1S/C21H26ClNO3/c1-26-21(25)14-16-23(15-13-17-5-3-2-4-6-17)20(24)12-9-18-7-10-19(22)11-8-18/h5,7-12H,2-4,6,13-16H2,1H3/b12-9+. The van der Waals surface area contributed by atoms with Crippen LogP contribution in [0.15, 0.2) is 42.0 Å². The molecule has 140 valence electrons. The van der Waals surface area contributed by atoms with E-state index in [0.717, 1.165) is 24.8 Å². The molecule has 1 amide bonds. The number of amides is 1. The summed E-state index contributed by atoms with van der Waals surface area (Å²) >= 11 is 5.88. The number of esters is 1. The Morgan fingerprint density at radius 2 is 1.96 bits per heavy atom. The van der Waals surface area contributed by atoms with Crippen LogP contribution in [0.5, 0.6) is 0 Å². The highest BCUT2D eigenvalue weighted by atomic mass is 35.5. The zero-order valence-corrected chi connectivity index (χ0v) is 16.0. The van der Waals surface area contributed by atoms with Gasteiger partial charge in [0.15, 0.2) is 0 Å². The highest BCUT2D eigenvalue weighted by molar-refractivity contribution is 6.30. The van der Waals surface area contributed by atoms with Gasteiger partial charge in [0, 0.05) is 24.2 Å². The Balaban J connectivity index is 1.97. The lowest BCUT2D eigenvalue weighted by Crippen LogP contribution is -2.33. The van der Waals surface area contributed by atoms with Gasteiger partial charge in [0.1, 0.15) is 0 Å². The molecule has 1 aromatic carbocycles. The molecule has 0 N–H and O–H groups in total. The number of nitrogens with zero attached hydrogens (tertiary/aromatic N) is 1. The zero-order valence-electron chi connectivity index (χ0n) is 15.2. The van der Waals surface area contributed by atoms with Crippen LogP contribution in [-0.4, -0.2) is 37.0 Å². The molecule has 4 nitrogen and oxygen atoms in total. The Hall–Kier alpha value is -2.07. The first kappa shape index (κ1) is 20.2. The van der Waals surface area contributed by atoms with Gasteiger partial charge in [-0.2, -0.15) is 0 Å². The second kappa shape index (κ2) is 10.8. The van der Waals surface area contributed by atoms with Gasteiger partial charge in [0.05, 0.1) is 13.5 Å². The molecular weight excluding hydrogens is 350 g/mol. The predicted octanol–water partition coefficient (Wildman–Crippen LogP) is 4.64. The number of carbonyl (C=O) groups is 2. The van der Waals surface area contributed by atoms with E-state index in [2.05, 4.69) is 6.08 Å². The number of carbonyl (C=O) groups excluding carboxylic acids is 2. The average Bonchev–Trinajstić information content (AvgIpc) is 2.67. The number of methoxy groups -OCH3 is 1. The van der Waals surface area contributed by atoms with E-state index in [1.165, 1.54) is 25.5 Å². The summed E-state index contributed by atoms with van der Waals surface area (Å²) in [5.41, 5.74) is 2.32. The molecule has 2 rings (SSSR count). The van der Waals surface area contributed by atoms with E-state index in [9.17, 15) is 9.59 Å². The Labute approximate surface area is 160 Å². The van der Waals surface area contributed by atoms with Crippen molar-refractivity contribution in [3.63, 3.8) is 0 Å². The topological polar surface area (TPSA) is 46.6 Å². The first-order valence-corrected chi connectivity index (χ1v) is 9.43. The fourth-order valence-corrected chi connectivity index (χ4v) is 3.04. The van der Waals surface area contributed by atoms with Gasteiger partial charge in [-0.05, 0) is 55.9 Å². The summed E-state index contributed by atoms with van der Waals surface area (Å²) < 4.78 is 4.70. The van der Waals surface area contributed by atoms with Gasteiger partial charge in [-0.3, -0.25) is 9.59 Å². The first-order valence-electron chi connectivity index (χ1n) is 9.06. The molecule has 0 saturated heterocycles. The van der Waals surface area contributed by atoms with Gasteiger partial charge < -0.3 is 9.64 Å². The van der Waals surface area contributed by atoms with Crippen LogP contribution in [-0.2, 0) is 14.3 Å². The Morgan fingerprint density at radius 3 is 2.62 bits per heavy atom. The van der Waals surface area contributed by atoms with E-state index in [0.29, 0.717) is 18.1 Å². The summed E-state index contributed by atoms with van der Waals surface area (Å²) in [5.74, 6) is -0.401. The lowest BCUT2D eigenvalue weighted by Gasteiger charge is -2.22. The third-order valence-corrected chi connectivity index (χ3v) is 4.75. The highest BCUT2D eigenvalue weighted by Crippen LogP contribution is 2.20. The van der Waals surface area contributed by atoms with Gasteiger partial charge in [-0.1, -0.05) is 35.4 Å². The van der Waals surface area contributed by atoms with Crippen molar-refractivity contribution in [1.29, 1.82) is 0 Å². The first-order chi connectivity index (χ1) is 12.6. The average molecular weight is 376 g/mol. The summed E-state index contributed by atoms with van der Waals surface area (Å²) in [6.07, 6.45) is 11.4. The monoisotopic (exact) mass is 375 g/mol. The fraction of sp³-hybridized carbons (Fsp3) is 0.429. The van der Waals surface area contributed by atoms with Gasteiger partial charge in [-0.25, -0.2) is 0 Å². The minimum absolute atomic E-state index is 0.0970. The maximum absolute atomic E-state index is 12.6. The Kier molecular flexibility index (Phi) is 8.42. The van der Waals surface area contributed by atoms with Gasteiger partial charge in [0.2, 0.25) is 5.91 Å². The minimum Gasteiger partial charge on any atom is -0.469 e. The van der Waals surface area contributed by atoms with Crippen LogP contribution >= 0.6 is 11.6 Å². The number of halogens is 1. The van der Waals surface area contributed by atoms with Crippen molar-refractivity contribution in [2.45, 2.75) is 38.5 Å². The Bertz CT molecular complexity index is 664. The predicted molar refractivity (Wildman–Crippen MR) is 105 cm³/mol. The van der Waals surface area contributed by atoms with Crippen LogP contribution < -0.4 is 0 Å². The van der Waals surface area contributed by atoms with Crippen LogP contribution in [0.4, 0.5) is 0 Å². The maximum Gasteiger partial charge on any atom is 0.307 e. The van der Waals surface area contributed by atoms with Crippen molar-refractivity contribution in [1.82, 2.24) is 4.90 Å². The van der Waals surface area contributed by atoms with E-state index in [4.69, 9.17) is 16.3 Å². The van der Waals surface area contributed by atoms with Crippen LogP contribution in [0.3, 0.4) is 0 Å². The molecule has 0 bridgehead atoms. The zero-order chi connectivity index (χ0) is 18.8. The van der Waals surface area contributed by atoms with Crippen molar-refractivity contribution < 1.29 is 14.3 Å². The van der Waals surface area contributed by atoms with Crippen LogP contribution in [0.2, 0.25) is 5.02 Å². The smallest absolute Gasteiger partial charge is 0.307 e. The molecule has 1 aliphatic carbocycles. The molecule has 0 aliphatic heterocycles. The minimum atomic E-state index is -0.304. The molecule has 0 atom stereocenters. The van der Waals surface area contributed by atoms with E-state index in [-0.39, 0.29) is 18.3 Å². The molecule has 0 fully saturated rings. The van der Waals surface area contributed by atoms with Crippen molar-refractivity contribution in [2.75, 3.05) is 20.2 Å². The second-order valence-electron chi connectivity index (χ2n) is 6.39. The van der Waals surface area contributed by atoms with Crippen molar-refractivity contribution >= 4 is 29.6 Å². The van der Waals surface area contributed by atoms with Crippen LogP contribution in [0, 0.1) is 0 Å². The summed E-state index contributed by atoms with van der Waals surface area (Å²) in [6.45, 7) is 0.983. The van der Waals surface area contributed by atoms with Crippen molar-refractivity contribution in [3.05, 3.63) is 52.6 Å². The van der Waals surface area contributed by atoms with E-state index < -0.39 is 0 Å². The second-order valence-corrected chi connectivity index (χ2v) is 6.83.